The van der Waals surface area contributed by atoms with Crippen molar-refractivity contribution in [2.45, 2.75) is 433 Å². The predicted molar refractivity (Wildman–Crippen MR) is 415 cm³/mol. The average molecular weight is 1480 g/mol. The molecule has 0 saturated carbocycles. The van der Waals surface area contributed by atoms with Crippen LogP contribution in [0.25, 0.3) is 0 Å². The van der Waals surface area contributed by atoms with E-state index in [1.54, 1.807) is 6.08 Å². The van der Waals surface area contributed by atoms with Crippen LogP contribution in [0.2, 0.25) is 0 Å². The van der Waals surface area contributed by atoms with Crippen LogP contribution in [0.3, 0.4) is 0 Å². The zero-order chi connectivity index (χ0) is 75.3. The number of hydrogen-bond donors (Lipinski definition) is 12. The van der Waals surface area contributed by atoms with E-state index in [1.807, 2.05) is 6.08 Å². The van der Waals surface area contributed by atoms with Crippen molar-refractivity contribution < 1.29 is 89.4 Å². The van der Waals surface area contributed by atoms with Gasteiger partial charge in [-0.25, -0.2) is 0 Å². The molecule has 19 heteroatoms. The quantitative estimate of drug-likeness (QED) is 0.0199. The molecule has 3 aliphatic rings. The fourth-order valence-corrected chi connectivity index (χ4v) is 14.0. The van der Waals surface area contributed by atoms with Gasteiger partial charge in [-0.2, -0.15) is 0 Å². The molecular formula is C85H153NO18. The first-order chi connectivity index (χ1) is 50.8. The number of aliphatic hydroxyl groups is 11. The van der Waals surface area contributed by atoms with Crippen LogP contribution in [0.4, 0.5) is 0 Å². The summed E-state index contributed by atoms with van der Waals surface area (Å²) in [6, 6.07) is -0.991. The SMILES string of the molecule is CC/C=C\C/C=C\C/C=C\C/C=C\CCCCCCCCCCCCCCCCCCCCCCCCCCCCCCC(=O)NC(COC1OC(CO)C(OC2OC(CO)C(OC3OC(CO)C(O)C(O)C3O)C(O)C2O)C(O)C1O)C(O)/C=C/CC/C=C/CCCCCCCCCCCCCC. The number of carbonyl (C=O) groups is 1. The molecule has 3 heterocycles. The van der Waals surface area contributed by atoms with E-state index in [4.69, 9.17) is 28.4 Å². The standard InChI is InChI=1S/C85H153NO18/c1-3-5-7-9-11-13-15-17-19-21-23-24-25-26-27-28-29-30-31-32-33-34-35-36-37-38-39-40-41-42-43-44-45-47-49-51-53-55-57-59-61-63-73(91)86-68(69(90)62-60-58-56-54-52-50-48-46-22-20-18-16-14-12-10-8-6-4-2)67-99-83-79(97)76(94)81(71(65-88)101-83)104-85-80(98)77(95)82(72(66-89)102-85)103-84-78(96)75(93)74(92)70(64-87)100-84/h5,7,11,13,17,19,23-24,52,54,60,62,68-72,74-85,87-90,92-98H,3-4,6,8-10,12,14-16,18,20-22,25-51,53,55-59,61,63-67H2,1-2H3,(H,86,91)/b7-5-,13-11-,19-17-,24-23-,54-52+,62-60+. The van der Waals surface area contributed by atoms with E-state index < -0.39 is 124 Å². The third kappa shape index (κ3) is 44.2. The fourth-order valence-electron chi connectivity index (χ4n) is 14.0. The molecule has 104 heavy (non-hydrogen) atoms. The molecule has 0 bridgehead atoms. The minimum absolute atomic E-state index is 0.238. The lowest BCUT2D eigenvalue weighted by atomic mass is 9.96. The van der Waals surface area contributed by atoms with Crippen molar-refractivity contribution in [1.29, 1.82) is 0 Å². The van der Waals surface area contributed by atoms with Crippen LogP contribution in [0.15, 0.2) is 72.9 Å². The molecule has 0 radical (unpaired) electrons. The third-order valence-corrected chi connectivity index (χ3v) is 20.7. The van der Waals surface area contributed by atoms with Gasteiger partial charge in [0.05, 0.1) is 38.6 Å². The van der Waals surface area contributed by atoms with Gasteiger partial charge >= 0.3 is 0 Å². The van der Waals surface area contributed by atoms with Crippen molar-refractivity contribution in [3.63, 3.8) is 0 Å². The topological polar surface area (TPSA) is 307 Å². The van der Waals surface area contributed by atoms with Crippen LogP contribution in [-0.2, 0) is 33.2 Å². The van der Waals surface area contributed by atoms with Crippen molar-refractivity contribution in [3.05, 3.63) is 72.9 Å². The lowest BCUT2D eigenvalue weighted by Gasteiger charge is -2.48. The Labute approximate surface area is 629 Å². The summed E-state index contributed by atoms with van der Waals surface area (Å²) in [6.07, 6.45) is 59.2. The van der Waals surface area contributed by atoms with Crippen LogP contribution >= 0.6 is 0 Å². The molecule has 0 aromatic carbocycles. The number of carbonyl (C=O) groups excluding carboxylic acids is 1. The van der Waals surface area contributed by atoms with Gasteiger partial charge in [-0.3, -0.25) is 4.79 Å². The lowest BCUT2D eigenvalue weighted by Crippen LogP contribution is -2.66. The highest BCUT2D eigenvalue weighted by atomic mass is 16.8. The van der Waals surface area contributed by atoms with Gasteiger partial charge in [-0.1, -0.05) is 324 Å². The average Bonchev–Trinajstić information content (AvgIpc) is 0.783. The van der Waals surface area contributed by atoms with Crippen LogP contribution < -0.4 is 5.32 Å². The maximum atomic E-state index is 13.5. The molecule has 3 saturated heterocycles. The Hall–Kier alpha value is -2.77. The highest BCUT2D eigenvalue weighted by molar-refractivity contribution is 5.76. The maximum absolute atomic E-state index is 13.5. The third-order valence-electron chi connectivity index (χ3n) is 20.7. The molecule has 606 valence electrons. The number of allylic oxidation sites excluding steroid dienone is 11. The molecule has 0 spiro atoms. The summed E-state index contributed by atoms with van der Waals surface area (Å²) >= 11 is 0. The van der Waals surface area contributed by atoms with Crippen molar-refractivity contribution >= 4 is 5.91 Å². The normalized spacial score (nSPS) is 26.3. The lowest BCUT2D eigenvalue weighted by molar-refractivity contribution is -0.379. The van der Waals surface area contributed by atoms with E-state index >= 15 is 0 Å². The van der Waals surface area contributed by atoms with Gasteiger partial charge in [0.15, 0.2) is 18.9 Å². The number of ether oxygens (including phenoxy) is 6. The van der Waals surface area contributed by atoms with Crippen LogP contribution in [0.1, 0.15) is 328 Å². The number of rotatable bonds is 67. The van der Waals surface area contributed by atoms with E-state index in [1.165, 1.54) is 231 Å². The molecule has 0 aromatic rings. The summed E-state index contributed by atoms with van der Waals surface area (Å²) in [5, 5.41) is 121. The Morgan fingerprint density at radius 1 is 0.356 bits per heavy atom. The monoisotopic (exact) mass is 1480 g/mol. The van der Waals surface area contributed by atoms with Crippen molar-refractivity contribution in [3.8, 4) is 0 Å². The van der Waals surface area contributed by atoms with E-state index in [9.17, 15) is 61.0 Å². The smallest absolute Gasteiger partial charge is 0.220 e. The van der Waals surface area contributed by atoms with Gasteiger partial charge < -0.3 is 89.9 Å². The molecule has 1 amide bonds. The number of nitrogens with one attached hydrogen (secondary N) is 1. The molecule has 3 rings (SSSR count). The minimum Gasteiger partial charge on any atom is -0.394 e. The van der Waals surface area contributed by atoms with Crippen LogP contribution in [0, 0.1) is 0 Å². The summed E-state index contributed by atoms with van der Waals surface area (Å²) in [7, 11) is 0. The number of aliphatic hydroxyl groups excluding tert-OH is 11. The Bertz CT molecular complexity index is 2160. The first-order valence-electron chi connectivity index (χ1n) is 42.2. The Balaban J connectivity index is 1.29. The number of hydrogen-bond acceptors (Lipinski definition) is 18. The van der Waals surface area contributed by atoms with E-state index in [2.05, 4.69) is 79.9 Å². The Morgan fingerprint density at radius 2 is 0.673 bits per heavy atom. The molecule has 17 unspecified atom stereocenters. The molecule has 0 aromatic heterocycles. The van der Waals surface area contributed by atoms with Crippen molar-refractivity contribution in [1.82, 2.24) is 5.32 Å². The van der Waals surface area contributed by atoms with Gasteiger partial charge in [0.1, 0.15) is 73.2 Å². The van der Waals surface area contributed by atoms with Crippen LogP contribution in [0.5, 0.6) is 0 Å². The van der Waals surface area contributed by atoms with Gasteiger partial charge in [0, 0.05) is 6.42 Å². The van der Waals surface area contributed by atoms with Gasteiger partial charge in [0.2, 0.25) is 5.91 Å². The molecule has 12 N–H and O–H groups in total. The predicted octanol–water partition coefficient (Wildman–Crippen LogP) is 14.8. The minimum atomic E-state index is -1.98. The highest BCUT2D eigenvalue weighted by Crippen LogP contribution is 2.33. The second-order valence-corrected chi connectivity index (χ2v) is 29.9. The molecule has 19 nitrogen and oxygen atoms in total. The first kappa shape index (κ1) is 95.4. The molecule has 3 aliphatic heterocycles. The molecule has 0 aliphatic carbocycles. The highest BCUT2D eigenvalue weighted by Gasteiger charge is 2.54. The van der Waals surface area contributed by atoms with Gasteiger partial charge in [0.25, 0.3) is 0 Å². The zero-order valence-electron chi connectivity index (χ0n) is 65.0. The Morgan fingerprint density at radius 3 is 1.08 bits per heavy atom. The largest absolute Gasteiger partial charge is 0.394 e. The van der Waals surface area contributed by atoms with Crippen LogP contribution in [-0.4, -0.2) is 193 Å². The summed E-state index contributed by atoms with van der Waals surface area (Å²) in [6.45, 7) is 1.64. The second kappa shape index (κ2) is 65.0. The second-order valence-electron chi connectivity index (χ2n) is 29.9. The summed E-state index contributed by atoms with van der Waals surface area (Å²) < 4.78 is 34.4. The number of unbranched alkanes of at least 4 members (excludes halogenated alkanes) is 41. The fraction of sp³-hybridized carbons (Fsp3) is 0.847. The molecule has 17 atom stereocenters. The van der Waals surface area contributed by atoms with Gasteiger partial charge in [-0.15, -0.1) is 0 Å². The van der Waals surface area contributed by atoms with Gasteiger partial charge in [-0.05, 0) is 70.6 Å². The summed E-state index contributed by atoms with van der Waals surface area (Å²) in [5.41, 5.74) is 0. The van der Waals surface area contributed by atoms with Crippen molar-refractivity contribution in [2.75, 3.05) is 26.4 Å². The van der Waals surface area contributed by atoms with E-state index in [0.717, 1.165) is 64.2 Å². The maximum Gasteiger partial charge on any atom is 0.220 e. The number of amides is 1. The van der Waals surface area contributed by atoms with E-state index in [0.29, 0.717) is 12.8 Å². The first-order valence-corrected chi connectivity index (χ1v) is 42.2. The van der Waals surface area contributed by atoms with Crippen molar-refractivity contribution in [2.24, 2.45) is 0 Å². The summed E-state index contributed by atoms with van der Waals surface area (Å²) in [4.78, 5) is 13.5. The summed E-state index contributed by atoms with van der Waals surface area (Å²) in [5.74, 6) is -0.280. The zero-order valence-corrected chi connectivity index (χ0v) is 65.0. The molecular weight excluding hydrogens is 1320 g/mol. The molecule has 3 fully saturated rings. The Kier molecular flexibility index (Phi) is 59.6. The van der Waals surface area contributed by atoms with E-state index in [-0.39, 0.29) is 18.9 Å².